The van der Waals surface area contributed by atoms with E-state index in [0.717, 1.165) is 37.8 Å². The number of hydrogen-bond donors (Lipinski definition) is 0. The minimum absolute atomic E-state index is 0.138. The van der Waals surface area contributed by atoms with Crippen LogP contribution in [0.15, 0.2) is 0 Å². The maximum atomic E-state index is 12.1. The second-order valence-corrected chi connectivity index (χ2v) is 18.6. The summed E-state index contributed by atoms with van der Waals surface area (Å²) in [4.78, 5) is 23.8. The molecule has 0 aromatic carbocycles. The van der Waals surface area contributed by atoms with E-state index in [1.54, 1.807) is 0 Å². The van der Waals surface area contributed by atoms with E-state index in [0.29, 0.717) is 38.3 Å². The molecule has 0 aromatic heterocycles. The van der Waals surface area contributed by atoms with Crippen molar-refractivity contribution in [2.24, 2.45) is 0 Å². The molecule has 0 saturated carbocycles. The van der Waals surface area contributed by atoms with E-state index < -0.39 is 22.8 Å². The molecule has 2 rings (SSSR count). The van der Waals surface area contributed by atoms with Crippen molar-refractivity contribution in [3.63, 3.8) is 0 Å². The molecular weight excluding hydrogens is 456 g/mol. The van der Waals surface area contributed by atoms with E-state index in [1.807, 2.05) is 0 Å². The molecule has 0 aromatic rings. The second-order valence-electron chi connectivity index (χ2n) is 10.3. The van der Waals surface area contributed by atoms with Gasteiger partial charge in [0.2, 0.25) is 0 Å². The molecule has 0 aliphatic carbocycles. The fourth-order valence-electron chi connectivity index (χ4n) is 5.00. The summed E-state index contributed by atoms with van der Waals surface area (Å²) in [5.74, 6) is 0.227. The van der Waals surface area contributed by atoms with Gasteiger partial charge in [0.1, 0.15) is 12.4 Å². The Bertz CT molecular complexity index is 605. The van der Waals surface area contributed by atoms with Crippen LogP contribution in [0, 0.1) is 0 Å². The Morgan fingerprint density at radius 1 is 0.788 bits per heavy atom. The van der Waals surface area contributed by atoms with E-state index in [2.05, 4.69) is 26.9 Å². The van der Waals surface area contributed by atoms with Crippen LogP contribution in [0.25, 0.3) is 0 Å². The molecule has 0 radical (unpaired) electrons. The number of hydrogen-bond acceptors (Lipinski definition) is 7. The normalized spacial score (nSPS) is 30.1. The molecule has 2 heterocycles. The molecule has 4 unspecified atom stereocenters. The quantitative estimate of drug-likeness (QED) is 0.168. The van der Waals surface area contributed by atoms with Gasteiger partial charge in [-0.15, -0.1) is 0 Å². The van der Waals surface area contributed by atoms with Crippen LogP contribution in [0.2, 0.25) is 37.3 Å². The fourth-order valence-corrected chi connectivity index (χ4v) is 11.9. The summed E-state index contributed by atoms with van der Waals surface area (Å²) in [6, 6.07) is 4.48. The van der Waals surface area contributed by atoms with Crippen LogP contribution in [0.5, 0.6) is 0 Å². The van der Waals surface area contributed by atoms with Crippen LogP contribution in [0.3, 0.4) is 0 Å². The number of ether oxygens (including phenoxy) is 3. The van der Waals surface area contributed by atoms with Gasteiger partial charge in [0.15, 0.2) is 16.6 Å². The van der Waals surface area contributed by atoms with Crippen LogP contribution in [0.1, 0.15) is 65.2 Å². The largest absolute Gasteiger partial charge is 0.508 e. The predicted molar refractivity (Wildman–Crippen MR) is 134 cm³/mol. The van der Waals surface area contributed by atoms with Gasteiger partial charge in [0, 0.05) is 25.0 Å². The van der Waals surface area contributed by atoms with Crippen LogP contribution in [-0.2, 0) is 27.9 Å². The van der Waals surface area contributed by atoms with Gasteiger partial charge in [0.05, 0.1) is 19.8 Å². The summed E-state index contributed by atoms with van der Waals surface area (Å²) >= 11 is 0. The van der Waals surface area contributed by atoms with Crippen molar-refractivity contribution >= 4 is 28.6 Å². The van der Waals surface area contributed by atoms with E-state index in [-0.39, 0.29) is 19.0 Å². The van der Waals surface area contributed by atoms with E-state index in [4.69, 9.17) is 23.1 Å². The third-order valence-electron chi connectivity index (χ3n) is 6.81. The standard InChI is InChI=1S/C24H46O7Si2/c1-21-9-5-17-32(3,30-21)19-7-11-23(25)12-14-27-15-16-29-24(26)28-13-8-20-33(4)18-6-10-22(2)31-33/h21-22H,5-20H2,1-4H3. The summed E-state index contributed by atoms with van der Waals surface area (Å²) in [5.41, 5.74) is 0. The highest BCUT2D eigenvalue weighted by molar-refractivity contribution is 6.73. The Labute approximate surface area is 202 Å². The first-order chi connectivity index (χ1) is 15.7. The van der Waals surface area contributed by atoms with Gasteiger partial charge in [-0.3, -0.25) is 4.79 Å². The lowest BCUT2D eigenvalue weighted by Gasteiger charge is -2.35. The number of rotatable bonds is 14. The molecule has 33 heavy (non-hydrogen) atoms. The second kappa shape index (κ2) is 14.6. The zero-order chi connectivity index (χ0) is 24.2. The number of Topliss-reactive ketones (excluding diaryl/α,β-unsaturated/α-hetero) is 1. The molecule has 2 saturated heterocycles. The summed E-state index contributed by atoms with van der Waals surface area (Å²) in [6.45, 7) is 10.0. The third kappa shape index (κ3) is 12.0. The highest BCUT2D eigenvalue weighted by Gasteiger charge is 2.34. The number of ketones is 1. The highest BCUT2D eigenvalue weighted by atomic mass is 28.4. The van der Waals surface area contributed by atoms with Crippen LogP contribution >= 0.6 is 0 Å². The van der Waals surface area contributed by atoms with Gasteiger partial charge in [-0.2, -0.15) is 0 Å². The molecule has 0 spiro atoms. The van der Waals surface area contributed by atoms with Gasteiger partial charge in [-0.1, -0.05) is 12.8 Å². The molecule has 0 amide bonds. The first-order valence-corrected chi connectivity index (χ1v) is 18.6. The summed E-state index contributed by atoms with van der Waals surface area (Å²) < 4.78 is 28.0. The van der Waals surface area contributed by atoms with Crippen molar-refractivity contribution in [1.82, 2.24) is 0 Å². The van der Waals surface area contributed by atoms with Crippen LogP contribution in [-0.4, -0.2) is 67.2 Å². The lowest BCUT2D eigenvalue weighted by Crippen LogP contribution is -2.41. The maximum Gasteiger partial charge on any atom is 0.508 e. The molecule has 192 valence electrons. The average molecular weight is 503 g/mol. The first kappa shape index (κ1) is 28.5. The monoisotopic (exact) mass is 502 g/mol. The van der Waals surface area contributed by atoms with Crippen LogP contribution < -0.4 is 0 Å². The Kier molecular flexibility index (Phi) is 12.6. The van der Waals surface area contributed by atoms with Gasteiger partial charge in [0.25, 0.3) is 0 Å². The van der Waals surface area contributed by atoms with Crippen LogP contribution in [0.4, 0.5) is 4.79 Å². The molecule has 2 aliphatic rings. The van der Waals surface area contributed by atoms with Gasteiger partial charge in [-0.05, 0) is 76.8 Å². The average Bonchev–Trinajstić information content (AvgIpc) is 2.73. The van der Waals surface area contributed by atoms with Crippen molar-refractivity contribution in [2.45, 2.75) is 115 Å². The molecule has 2 aliphatic heterocycles. The van der Waals surface area contributed by atoms with E-state index in [1.165, 1.54) is 24.9 Å². The smallest absolute Gasteiger partial charge is 0.434 e. The van der Waals surface area contributed by atoms with Crippen molar-refractivity contribution < 1.29 is 32.7 Å². The van der Waals surface area contributed by atoms with Gasteiger partial charge >= 0.3 is 6.16 Å². The van der Waals surface area contributed by atoms with Crippen molar-refractivity contribution in [3.8, 4) is 0 Å². The Hall–Kier alpha value is -0.746. The highest BCUT2D eigenvalue weighted by Crippen LogP contribution is 2.31. The summed E-state index contributed by atoms with van der Waals surface area (Å²) in [6.07, 6.45) is 7.63. The van der Waals surface area contributed by atoms with Crippen molar-refractivity contribution in [1.29, 1.82) is 0 Å². The minimum atomic E-state index is -1.63. The molecule has 0 bridgehead atoms. The molecule has 7 nitrogen and oxygen atoms in total. The lowest BCUT2D eigenvalue weighted by atomic mass is 10.2. The lowest BCUT2D eigenvalue weighted by molar-refractivity contribution is -0.120. The first-order valence-electron chi connectivity index (χ1n) is 12.9. The van der Waals surface area contributed by atoms with Gasteiger partial charge < -0.3 is 23.1 Å². The van der Waals surface area contributed by atoms with Crippen molar-refractivity contribution in [2.75, 3.05) is 26.4 Å². The third-order valence-corrected chi connectivity index (χ3v) is 14.4. The maximum absolute atomic E-state index is 12.1. The number of carbonyl (C=O) groups excluding carboxylic acids is 2. The zero-order valence-corrected chi connectivity index (χ0v) is 23.3. The Morgan fingerprint density at radius 2 is 1.36 bits per heavy atom. The minimum Gasteiger partial charge on any atom is -0.434 e. The number of carbonyl (C=O) groups is 2. The predicted octanol–water partition coefficient (Wildman–Crippen LogP) is 5.83. The van der Waals surface area contributed by atoms with E-state index >= 15 is 0 Å². The van der Waals surface area contributed by atoms with E-state index in [9.17, 15) is 9.59 Å². The zero-order valence-electron chi connectivity index (χ0n) is 21.3. The molecule has 4 atom stereocenters. The molecule has 9 heteroatoms. The molecule has 0 N–H and O–H groups in total. The summed E-state index contributed by atoms with van der Waals surface area (Å²) in [7, 11) is -3.23. The Balaban J connectivity index is 1.40. The summed E-state index contributed by atoms with van der Waals surface area (Å²) in [5, 5.41) is 0. The van der Waals surface area contributed by atoms with Crippen molar-refractivity contribution in [3.05, 3.63) is 0 Å². The molecule has 2 fully saturated rings. The Morgan fingerprint density at radius 3 is 1.97 bits per heavy atom. The molecular formula is C24H46O7Si2. The fraction of sp³-hybridized carbons (Fsp3) is 0.917. The topological polar surface area (TPSA) is 80.3 Å². The SMILES string of the molecule is CC1CCC[Si](C)(CCCOC(=O)OCCOCCC(=O)CCC[Si]2(C)CCCC(C)O2)O1. The van der Waals surface area contributed by atoms with Gasteiger partial charge in [-0.25, -0.2) is 4.79 Å².